The summed E-state index contributed by atoms with van der Waals surface area (Å²) in [5.41, 5.74) is 0. The van der Waals surface area contributed by atoms with Crippen molar-refractivity contribution in [3.8, 4) is 0 Å². The van der Waals surface area contributed by atoms with E-state index in [1.807, 2.05) is 0 Å². The highest BCUT2D eigenvalue weighted by atomic mass is 32.1. The van der Waals surface area contributed by atoms with Crippen LogP contribution in [-0.2, 0) is 4.79 Å². The third-order valence-corrected chi connectivity index (χ3v) is 0.388. The molecule has 0 atom stereocenters. The van der Waals surface area contributed by atoms with Gasteiger partial charge in [-0.3, -0.25) is 4.79 Å². The molecule has 1 N–H and O–H groups in total. The highest BCUT2D eigenvalue weighted by molar-refractivity contribution is 7.80. The second-order valence-corrected chi connectivity index (χ2v) is 0.956. The molecular weight excluding hydrogens is 100 g/mol. The molecule has 0 unspecified atom stereocenters. The van der Waals surface area contributed by atoms with Gasteiger partial charge >= 0.3 is 5.97 Å². The minimum Gasteiger partial charge on any atom is -0.481 e. The Balaban J connectivity index is 3.91. The summed E-state index contributed by atoms with van der Waals surface area (Å²) in [5, 5.41) is 8.02. The van der Waals surface area contributed by atoms with Gasteiger partial charge in [-0.15, -0.1) is 0 Å². The van der Waals surface area contributed by atoms with Crippen molar-refractivity contribution in [1.29, 1.82) is 0 Å². The molecule has 6 heavy (non-hydrogen) atoms. The molecular formula is C3H6O2S. The molecule has 0 fully saturated rings. The quantitative estimate of drug-likeness (QED) is 0.502. The van der Waals surface area contributed by atoms with Gasteiger partial charge in [0.2, 0.25) is 0 Å². The molecule has 0 aliphatic rings. The Kier molecular flexibility index (Phi) is 1.47. The highest BCUT2D eigenvalue weighted by Crippen LogP contribution is 1.79. The van der Waals surface area contributed by atoms with Gasteiger partial charge in [0.15, 0.2) is 0 Å². The van der Waals surface area contributed by atoms with E-state index < -0.39 is 12.3 Å². The fraction of sp³-hybridized carbons (Fsp3) is 0.667. The predicted molar refractivity (Wildman–Crippen MR) is 26.1 cm³/mol. The first-order valence-corrected chi connectivity index (χ1v) is 1.98. The number of carboxylic acids is 1. The van der Waals surface area contributed by atoms with Crippen molar-refractivity contribution in [3.05, 3.63) is 0 Å². The van der Waals surface area contributed by atoms with Gasteiger partial charge in [0.1, 0.15) is 0 Å². The van der Waals surface area contributed by atoms with Crippen LogP contribution in [0.2, 0.25) is 0 Å². The summed E-state index contributed by atoms with van der Waals surface area (Å²) in [4.78, 5) is 9.83. The summed E-state index contributed by atoms with van der Waals surface area (Å²) < 4.78 is 13.2. The van der Waals surface area contributed by atoms with E-state index in [4.69, 9.17) is 7.85 Å². The maximum atomic E-state index is 9.83. The molecule has 0 heterocycles. The van der Waals surface area contributed by atoms with Gasteiger partial charge in [-0.2, -0.15) is 12.6 Å². The first kappa shape index (κ1) is 2.91. The second kappa shape index (κ2) is 3.03. The smallest absolute Gasteiger partial charge is 0.304 e. The van der Waals surface area contributed by atoms with Crippen LogP contribution in [0.3, 0.4) is 0 Å². The van der Waals surface area contributed by atoms with Crippen LogP contribution >= 0.6 is 12.6 Å². The van der Waals surface area contributed by atoms with Crippen LogP contribution in [0.5, 0.6) is 0 Å². The third-order valence-electron chi connectivity index (χ3n) is 0.230. The van der Waals surface area contributed by atoms with Crippen molar-refractivity contribution in [2.75, 3.05) is 5.75 Å². The fourth-order valence-electron chi connectivity index (χ4n) is 0.0676. The Morgan fingerprint density at radius 1 is 2.17 bits per heavy atom. The number of hydrogen-bond donors (Lipinski definition) is 2. The number of carboxylic acid groups (broad SMARTS) is 1. The maximum Gasteiger partial charge on any atom is 0.304 e. The van der Waals surface area contributed by atoms with Gasteiger partial charge < -0.3 is 5.11 Å². The van der Waals surface area contributed by atoms with E-state index in [2.05, 4.69) is 12.6 Å². The molecule has 2 nitrogen and oxygen atoms in total. The van der Waals surface area contributed by atoms with Crippen molar-refractivity contribution in [2.45, 2.75) is 6.37 Å². The zero-order chi connectivity index (χ0) is 6.78. The van der Waals surface area contributed by atoms with Crippen molar-refractivity contribution in [2.24, 2.45) is 0 Å². The Bertz CT molecular complexity index is 103. The molecule has 0 saturated heterocycles. The first-order valence-electron chi connectivity index (χ1n) is 2.35. The lowest BCUT2D eigenvalue weighted by molar-refractivity contribution is -0.136. The minimum absolute atomic E-state index is 0.289. The van der Waals surface area contributed by atoms with E-state index >= 15 is 0 Å². The van der Waals surface area contributed by atoms with E-state index in [0.29, 0.717) is 0 Å². The number of thiol groups is 1. The Morgan fingerprint density at radius 2 is 2.67 bits per heavy atom. The molecule has 36 valence electrons. The van der Waals surface area contributed by atoms with E-state index in [1.165, 1.54) is 0 Å². The van der Waals surface area contributed by atoms with E-state index in [0.717, 1.165) is 0 Å². The lowest BCUT2D eigenvalue weighted by Gasteiger charge is -1.79. The summed E-state index contributed by atoms with van der Waals surface area (Å²) in [7, 11) is 0. The Labute approximate surface area is 44.4 Å². The first-order chi connectivity index (χ1) is 3.50. The van der Waals surface area contributed by atoms with Crippen LogP contribution in [0.15, 0.2) is 0 Å². The van der Waals surface area contributed by atoms with Gasteiger partial charge in [-0.1, -0.05) is 0 Å². The molecule has 0 spiro atoms. The van der Waals surface area contributed by atoms with E-state index in [-0.39, 0.29) is 5.75 Å². The van der Waals surface area contributed by atoms with Crippen molar-refractivity contribution >= 4 is 18.6 Å². The van der Waals surface area contributed by atoms with Crippen LogP contribution in [-0.4, -0.2) is 16.8 Å². The fourth-order valence-corrected chi connectivity index (χ4v) is 0.203. The van der Waals surface area contributed by atoms with Gasteiger partial charge in [0, 0.05) is 8.49 Å². The molecule has 0 aromatic carbocycles. The highest BCUT2D eigenvalue weighted by Gasteiger charge is 1.88. The molecule has 0 saturated carbocycles. The lowest BCUT2D eigenvalue weighted by Crippen LogP contribution is -1.93. The number of aliphatic carboxylic acids is 1. The SMILES string of the molecule is [2H]C([2H])(CS)C(=O)O. The van der Waals surface area contributed by atoms with E-state index in [9.17, 15) is 4.79 Å². The van der Waals surface area contributed by atoms with Gasteiger partial charge in [0.25, 0.3) is 0 Å². The molecule has 0 aromatic heterocycles. The predicted octanol–water partition coefficient (Wildman–Crippen LogP) is 0.391. The summed E-state index contributed by atoms with van der Waals surface area (Å²) >= 11 is 3.48. The molecule has 0 rings (SSSR count). The molecule has 0 amide bonds. The van der Waals surface area contributed by atoms with Crippen LogP contribution < -0.4 is 0 Å². The van der Waals surface area contributed by atoms with Crippen LogP contribution in [0, 0.1) is 0 Å². The average Bonchev–Trinajstić information content (AvgIpc) is 1.67. The standard InChI is InChI=1S/C3H6O2S/c4-3(5)1-2-6/h6H,1-2H2,(H,4,5)/i1D2. The third kappa shape index (κ3) is 3.82. The zero-order valence-electron chi connectivity index (χ0n) is 5.01. The monoisotopic (exact) mass is 108 g/mol. The molecule has 0 bridgehead atoms. The summed E-state index contributed by atoms with van der Waals surface area (Å²) in [6.45, 7) is 0. The van der Waals surface area contributed by atoms with Crippen LogP contribution in [0.25, 0.3) is 0 Å². The topological polar surface area (TPSA) is 37.3 Å². The molecule has 3 heteroatoms. The number of carbonyl (C=O) groups is 1. The normalized spacial score (nSPS) is 15.5. The van der Waals surface area contributed by atoms with Gasteiger partial charge in [-0.25, -0.2) is 0 Å². The summed E-state index contributed by atoms with van der Waals surface area (Å²) in [5.74, 6) is -1.75. The maximum absolute atomic E-state index is 9.83. The number of rotatable bonds is 2. The lowest BCUT2D eigenvalue weighted by atomic mass is 10.5. The van der Waals surface area contributed by atoms with Crippen molar-refractivity contribution < 1.29 is 12.6 Å². The summed E-state index contributed by atoms with van der Waals surface area (Å²) in [6.07, 6.45) is -2.18. The van der Waals surface area contributed by atoms with Crippen molar-refractivity contribution in [3.63, 3.8) is 0 Å². The van der Waals surface area contributed by atoms with E-state index in [1.54, 1.807) is 0 Å². The molecule has 0 aliphatic heterocycles. The molecule has 0 aliphatic carbocycles. The summed E-state index contributed by atoms with van der Waals surface area (Å²) in [6, 6.07) is 0. The molecule has 0 radical (unpaired) electrons. The Hall–Kier alpha value is -0.180. The van der Waals surface area contributed by atoms with Crippen LogP contribution in [0.1, 0.15) is 9.11 Å². The second-order valence-electron chi connectivity index (χ2n) is 0.640. The largest absolute Gasteiger partial charge is 0.481 e. The number of hydrogen-bond acceptors (Lipinski definition) is 2. The van der Waals surface area contributed by atoms with Crippen LogP contribution in [0.4, 0.5) is 0 Å². The molecule has 0 aromatic rings. The van der Waals surface area contributed by atoms with Gasteiger partial charge in [0.05, 0.1) is 6.37 Å². The average molecular weight is 108 g/mol. The Morgan fingerprint density at radius 3 is 2.67 bits per heavy atom. The van der Waals surface area contributed by atoms with Gasteiger partial charge in [-0.05, 0) is 0 Å². The zero-order valence-corrected chi connectivity index (χ0v) is 3.90. The van der Waals surface area contributed by atoms with Crippen molar-refractivity contribution in [1.82, 2.24) is 0 Å². The minimum atomic E-state index is -2.18.